The summed E-state index contributed by atoms with van der Waals surface area (Å²) in [4.78, 5) is 24.6. The van der Waals surface area contributed by atoms with Gasteiger partial charge in [0.1, 0.15) is 0 Å². The molecule has 2 atom stereocenters. The Balaban J connectivity index is 3.35. The molecule has 0 saturated carbocycles. The Hall–Kier alpha value is -2.44. The molecule has 6 heteroatoms. The van der Waals surface area contributed by atoms with Gasteiger partial charge in [-0.3, -0.25) is 9.59 Å². The van der Waals surface area contributed by atoms with Crippen molar-refractivity contribution < 1.29 is 24.5 Å². The van der Waals surface area contributed by atoms with Crippen molar-refractivity contribution in [3.63, 3.8) is 0 Å². The number of esters is 1. The average Bonchev–Trinajstić information content (AvgIpc) is 3.52. The molecular weight excluding hydrogens is 1040 g/mol. The Labute approximate surface area is 530 Å². The van der Waals surface area contributed by atoms with E-state index < -0.39 is 12.1 Å². The predicted octanol–water partition coefficient (Wildman–Crippen LogP) is 25.0. The molecule has 0 rings (SSSR count). The summed E-state index contributed by atoms with van der Waals surface area (Å²) in [6.07, 6.45) is 99.1. The predicted molar refractivity (Wildman–Crippen MR) is 375 cm³/mol. The molecule has 0 bridgehead atoms. The van der Waals surface area contributed by atoms with Crippen LogP contribution in [0.1, 0.15) is 406 Å². The van der Waals surface area contributed by atoms with Crippen LogP contribution in [0.4, 0.5) is 0 Å². The van der Waals surface area contributed by atoms with Gasteiger partial charge in [-0.2, -0.15) is 0 Å². The fourth-order valence-electron chi connectivity index (χ4n) is 11.7. The van der Waals surface area contributed by atoms with Crippen LogP contribution in [0, 0.1) is 0 Å². The van der Waals surface area contributed by atoms with E-state index >= 15 is 0 Å². The molecule has 85 heavy (non-hydrogen) atoms. The summed E-state index contributed by atoms with van der Waals surface area (Å²) in [5.41, 5.74) is 0. The minimum absolute atomic E-state index is 0.0123. The number of hydrogen-bond donors (Lipinski definition) is 3. The van der Waals surface area contributed by atoms with Crippen molar-refractivity contribution in [2.45, 2.75) is 418 Å². The Kier molecular flexibility index (Phi) is 71.9. The molecule has 0 heterocycles. The van der Waals surface area contributed by atoms with Crippen LogP contribution in [0.2, 0.25) is 0 Å². The van der Waals surface area contributed by atoms with Crippen molar-refractivity contribution in [1.29, 1.82) is 0 Å². The first kappa shape index (κ1) is 82.6. The number of carbonyl (C=O) groups is 2. The summed E-state index contributed by atoms with van der Waals surface area (Å²) in [5, 5.41) is 23.1. The fraction of sp³-hybridized carbons (Fsp3) is 0.848. The zero-order valence-corrected chi connectivity index (χ0v) is 57.1. The smallest absolute Gasteiger partial charge is 0.305 e. The number of hydrogen-bond acceptors (Lipinski definition) is 5. The summed E-state index contributed by atoms with van der Waals surface area (Å²) in [5.74, 6) is -0.0521. The lowest BCUT2D eigenvalue weighted by atomic mass is 10.0. The van der Waals surface area contributed by atoms with E-state index in [2.05, 4.69) is 67.8 Å². The Morgan fingerprint density at radius 2 is 0.588 bits per heavy atom. The van der Waals surface area contributed by atoms with Gasteiger partial charge in [-0.1, -0.05) is 357 Å². The molecule has 0 fully saturated rings. The Bertz CT molecular complexity index is 1470. The summed E-state index contributed by atoms with van der Waals surface area (Å²) >= 11 is 0. The topological polar surface area (TPSA) is 95.9 Å². The number of amides is 1. The maximum Gasteiger partial charge on any atom is 0.305 e. The van der Waals surface area contributed by atoms with E-state index in [9.17, 15) is 19.8 Å². The van der Waals surface area contributed by atoms with Gasteiger partial charge in [0.15, 0.2) is 0 Å². The lowest BCUT2D eigenvalue weighted by Crippen LogP contribution is -2.45. The molecule has 1 amide bonds. The summed E-state index contributed by atoms with van der Waals surface area (Å²) in [6, 6.07) is -0.625. The number of aliphatic hydroxyl groups excluding tert-OH is 2. The molecule has 0 saturated heterocycles. The van der Waals surface area contributed by atoms with Crippen LogP contribution in [0.5, 0.6) is 0 Å². The molecule has 498 valence electrons. The zero-order chi connectivity index (χ0) is 61.3. The van der Waals surface area contributed by atoms with E-state index in [4.69, 9.17) is 4.74 Å². The van der Waals surface area contributed by atoms with Crippen molar-refractivity contribution in [1.82, 2.24) is 5.32 Å². The van der Waals surface area contributed by atoms with Crippen molar-refractivity contribution >= 4 is 11.9 Å². The van der Waals surface area contributed by atoms with E-state index in [1.165, 1.54) is 321 Å². The molecule has 6 nitrogen and oxygen atoms in total. The van der Waals surface area contributed by atoms with Crippen molar-refractivity contribution in [3.05, 3.63) is 60.8 Å². The van der Waals surface area contributed by atoms with Gasteiger partial charge in [-0.15, -0.1) is 0 Å². The molecule has 0 radical (unpaired) electrons. The van der Waals surface area contributed by atoms with Gasteiger partial charge in [-0.25, -0.2) is 0 Å². The number of aliphatic hydroxyl groups is 2. The Morgan fingerprint density at radius 3 is 0.918 bits per heavy atom. The molecule has 3 N–H and O–H groups in total. The van der Waals surface area contributed by atoms with Crippen LogP contribution in [-0.2, 0) is 14.3 Å². The van der Waals surface area contributed by atoms with Crippen LogP contribution < -0.4 is 5.32 Å². The number of allylic oxidation sites excluding steroid dienone is 9. The van der Waals surface area contributed by atoms with E-state index in [-0.39, 0.29) is 18.5 Å². The van der Waals surface area contributed by atoms with Crippen molar-refractivity contribution in [3.8, 4) is 0 Å². The van der Waals surface area contributed by atoms with E-state index in [1.807, 2.05) is 6.08 Å². The summed E-state index contributed by atoms with van der Waals surface area (Å²) in [6.45, 7) is 4.89. The Morgan fingerprint density at radius 1 is 0.329 bits per heavy atom. The number of nitrogens with one attached hydrogen (secondary N) is 1. The molecule has 0 spiro atoms. The third kappa shape index (κ3) is 70.5. The van der Waals surface area contributed by atoms with Crippen molar-refractivity contribution in [2.24, 2.45) is 0 Å². The van der Waals surface area contributed by atoms with Crippen LogP contribution in [-0.4, -0.2) is 47.4 Å². The standard InChI is InChI=1S/C79H147NO5/c1-3-5-7-9-11-13-15-17-18-42-46-49-53-57-61-65-69-73-79(84)85-74-70-66-62-58-54-50-47-44-41-39-37-35-33-31-29-27-25-23-21-19-20-22-24-26-28-30-32-34-36-38-40-43-45-48-52-56-60-64-68-72-78(83)80-76(75-81)77(82)71-67-63-59-55-51-16-14-12-10-8-6-4-2/h11,13,17-20,23,25,67,71,76-77,81-82H,3-10,12,14-16,21-22,24,26-66,68-70,72-75H2,1-2H3,(H,80,83)/b13-11-,18-17-,20-19-,25-23-,71-67+. The van der Waals surface area contributed by atoms with Gasteiger partial charge in [-0.05, 0) is 96.3 Å². The van der Waals surface area contributed by atoms with Gasteiger partial charge in [0.2, 0.25) is 5.91 Å². The number of carbonyl (C=O) groups excluding carboxylic acids is 2. The van der Waals surface area contributed by atoms with Crippen LogP contribution >= 0.6 is 0 Å². The highest BCUT2D eigenvalue weighted by molar-refractivity contribution is 5.76. The fourth-order valence-corrected chi connectivity index (χ4v) is 11.7. The van der Waals surface area contributed by atoms with E-state index in [1.54, 1.807) is 6.08 Å². The van der Waals surface area contributed by atoms with Gasteiger partial charge in [0.05, 0.1) is 25.4 Å². The quantitative estimate of drug-likeness (QED) is 0.0320. The molecule has 0 aromatic carbocycles. The van der Waals surface area contributed by atoms with Crippen LogP contribution in [0.3, 0.4) is 0 Å². The van der Waals surface area contributed by atoms with Gasteiger partial charge < -0.3 is 20.3 Å². The lowest BCUT2D eigenvalue weighted by molar-refractivity contribution is -0.143. The largest absolute Gasteiger partial charge is 0.466 e. The molecule has 0 aliphatic rings. The molecule has 2 unspecified atom stereocenters. The monoisotopic (exact) mass is 1190 g/mol. The highest BCUT2D eigenvalue weighted by atomic mass is 16.5. The van der Waals surface area contributed by atoms with E-state index in [0.29, 0.717) is 19.4 Å². The highest BCUT2D eigenvalue weighted by Crippen LogP contribution is 2.18. The third-order valence-corrected chi connectivity index (χ3v) is 17.5. The number of rotatable bonds is 71. The summed E-state index contributed by atoms with van der Waals surface area (Å²) < 4.78 is 5.50. The third-order valence-electron chi connectivity index (χ3n) is 17.5. The zero-order valence-electron chi connectivity index (χ0n) is 57.1. The minimum atomic E-state index is -0.842. The minimum Gasteiger partial charge on any atom is -0.466 e. The second-order valence-electron chi connectivity index (χ2n) is 26.0. The second kappa shape index (κ2) is 74.0. The molecule has 0 aromatic rings. The van der Waals surface area contributed by atoms with Gasteiger partial charge in [0.25, 0.3) is 0 Å². The molecule has 0 aliphatic carbocycles. The molecular formula is C79H147NO5. The van der Waals surface area contributed by atoms with Crippen LogP contribution in [0.25, 0.3) is 0 Å². The maximum absolute atomic E-state index is 12.5. The number of ether oxygens (including phenoxy) is 1. The summed E-state index contributed by atoms with van der Waals surface area (Å²) in [7, 11) is 0. The first-order valence-corrected chi connectivity index (χ1v) is 38.1. The lowest BCUT2D eigenvalue weighted by Gasteiger charge is -2.20. The first-order chi connectivity index (χ1) is 42.0. The average molecular weight is 1190 g/mol. The molecule has 0 aromatic heterocycles. The number of unbranched alkanes of at least 4 members (excludes halogenated alkanes) is 52. The first-order valence-electron chi connectivity index (χ1n) is 38.1. The van der Waals surface area contributed by atoms with Gasteiger partial charge >= 0.3 is 5.97 Å². The van der Waals surface area contributed by atoms with Crippen molar-refractivity contribution in [2.75, 3.05) is 13.2 Å². The van der Waals surface area contributed by atoms with Gasteiger partial charge in [0, 0.05) is 12.8 Å². The normalized spacial score (nSPS) is 12.8. The SMILES string of the molecule is CCCCC/C=C\C/C=C\CCCCCCCCCC(=O)OCCCCCCCCCCCCCCCCC/C=C\C/C=C\CCCCCCCCCCCCCCCCCCCC(=O)NC(CO)C(O)/C=C/CCCCCCCCCCCC. The highest BCUT2D eigenvalue weighted by Gasteiger charge is 2.18. The molecule has 0 aliphatic heterocycles. The van der Waals surface area contributed by atoms with Crippen LogP contribution in [0.15, 0.2) is 60.8 Å². The second-order valence-corrected chi connectivity index (χ2v) is 26.0. The maximum atomic E-state index is 12.5. The van der Waals surface area contributed by atoms with E-state index in [0.717, 1.165) is 57.8 Å².